The van der Waals surface area contributed by atoms with Crippen molar-refractivity contribution in [3.05, 3.63) is 140 Å². The Morgan fingerprint density at radius 2 is 1.30 bits per heavy atom. The molecule has 0 atom stereocenters. The van der Waals surface area contributed by atoms with Crippen molar-refractivity contribution in [2.45, 2.75) is 9.79 Å². The molecule has 0 radical (unpaired) electrons. The molecule has 0 saturated heterocycles. The summed E-state index contributed by atoms with van der Waals surface area (Å²) in [4.78, 5) is 7.21. The number of anilines is 5. The van der Waals surface area contributed by atoms with Crippen molar-refractivity contribution >= 4 is 68.7 Å². The first kappa shape index (κ1) is 24.7. The third-order valence-electron chi connectivity index (χ3n) is 9.63. The summed E-state index contributed by atoms with van der Waals surface area (Å²) in [5, 5.41) is 2.45. The van der Waals surface area contributed by atoms with E-state index in [1.165, 1.54) is 44.2 Å². The maximum Gasteiger partial charge on any atom is 0.333 e. The average Bonchev–Trinajstić information content (AvgIpc) is 3.11. The zero-order valence-corrected chi connectivity index (χ0v) is 25.3. The summed E-state index contributed by atoms with van der Waals surface area (Å²) < 4.78 is 13.2. The topological polar surface area (TPSA) is 24.9 Å². The molecule has 4 nitrogen and oxygen atoms in total. The van der Waals surface area contributed by atoms with Crippen molar-refractivity contribution in [1.82, 2.24) is 0 Å². The van der Waals surface area contributed by atoms with Gasteiger partial charge in [0.15, 0.2) is 11.5 Å². The Morgan fingerprint density at radius 1 is 0.543 bits per heavy atom. The largest absolute Gasteiger partial charge is 0.455 e. The molecule has 0 bridgehead atoms. The van der Waals surface area contributed by atoms with Crippen LogP contribution in [0.1, 0.15) is 0 Å². The van der Waals surface area contributed by atoms with E-state index in [9.17, 15) is 0 Å². The smallest absolute Gasteiger partial charge is 0.333 e. The predicted octanol–water partition coefficient (Wildman–Crippen LogP) is 9.91. The van der Waals surface area contributed by atoms with Gasteiger partial charge in [0.25, 0.3) is 0 Å². The minimum Gasteiger partial charge on any atom is -0.455 e. The molecule has 0 fully saturated rings. The molecule has 0 N–H and O–H groups in total. The fourth-order valence-electron chi connectivity index (χ4n) is 7.80. The van der Waals surface area contributed by atoms with Gasteiger partial charge in [-0.05, 0) is 87.9 Å². The number of nitrogens with zero attached hydrogens (tertiary/aromatic N) is 2. The third kappa shape index (κ3) is 3.21. The van der Waals surface area contributed by atoms with Crippen LogP contribution in [0.2, 0.25) is 0 Å². The Morgan fingerprint density at radius 3 is 2.24 bits per heavy atom. The van der Waals surface area contributed by atoms with Gasteiger partial charge in [-0.2, -0.15) is 0 Å². The summed E-state index contributed by atoms with van der Waals surface area (Å²) in [5.74, 6) is 3.54. The second kappa shape index (κ2) is 8.99. The van der Waals surface area contributed by atoms with Crippen LogP contribution in [0.25, 0.3) is 21.9 Å². The first-order valence-electron chi connectivity index (χ1n) is 15.5. The number of benzene rings is 7. The van der Waals surface area contributed by atoms with E-state index in [1.54, 1.807) is 11.8 Å². The fraction of sp³-hybridized carbons (Fsp3) is 0. The van der Waals surface area contributed by atoms with Gasteiger partial charge in [0.05, 0.1) is 21.2 Å². The number of rotatable bonds is 1. The SMILES string of the molecule is c1ccc(N2B3c4cccc5c4N(c4ccccc4O5)c4cc5ccccc5c(c43)-c3cc4c(cc32)Sc2ccccc2O4)cc1. The van der Waals surface area contributed by atoms with Crippen molar-refractivity contribution in [3.63, 3.8) is 0 Å². The quantitative estimate of drug-likeness (QED) is 0.173. The van der Waals surface area contributed by atoms with Gasteiger partial charge >= 0.3 is 6.85 Å². The minimum absolute atomic E-state index is 0.0792. The predicted molar refractivity (Wildman–Crippen MR) is 188 cm³/mol. The van der Waals surface area contributed by atoms with Crippen molar-refractivity contribution < 1.29 is 9.47 Å². The summed E-state index contributed by atoms with van der Waals surface area (Å²) in [7, 11) is 0. The van der Waals surface area contributed by atoms with Crippen LogP contribution >= 0.6 is 11.8 Å². The van der Waals surface area contributed by atoms with E-state index < -0.39 is 0 Å². The van der Waals surface area contributed by atoms with Gasteiger partial charge in [-0.15, -0.1) is 0 Å². The molecule has 7 aromatic rings. The number of fused-ring (bicyclic) bond motifs is 10. The molecular formula is C40H23BN2O2S. The monoisotopic (exact) mass is 606 g/mol. The standard InChI is InChI=1S/C40H23BN2O2S/c1-2-12-25(13-3-1)43-30-23-37-35(45-33-18-8-9-20-36(33)46-37)22-27(30)38-26-14-5-4-11-24(26)21-31-39(38)41(43)28-15-10-19-34-40(28)42(31)29-16-6-7-17-32(29)44-34/h1-23H. The Hall–Kier alpha value is -5.59. The molecular weight excluding hydrogens is 583 g/mol. The lowest BCUT2D eigenvalue weighted by atomic mass is 9.43. The first-order chi connectivity index (χ1) is 22.8. The van der Waals surface area contributed by atoms with Crippen LogP contribution in [0.15, 0.2) is 149 Å². The third-order valence-corrected chi connectivity index (χ3v) is 10.7. The van der Waals surface area contributed by atoms with Crippen molar-refractivity contribution in [1.29, 1.82) is 0 Å². The Bertz CT molecular complexity index is 2450. The second-order valence-corrected chi connectivity index (χ2v) is 13.2. The van der Waals surface area contributed by atoms with Crippen molar-refractivity contribution in [3.8, 4) is 34.1 Å². The van der Waals surface area contributed by atoms with E-state index >= 15 is 0 Å². The Kier molecular flexibility index (Phi) is 4.83. The Balaban J connectivity index is 1.29. The molecule has 0 unspecified atom stereocenters. The maximum atomic E-state index is 6.61. The highest BCUT2D eigenvalue weighted by molar-refractivity contribution is 7.99. The minimum atomic E-state index is -0.0792. The van der Waals surface area contributed by atoms with Crippen molar-refractivity contribution in [2.75, 3.05) is 9.71 Å². The van der Waals surface area contributed by atoms with Gasteiger partial charge in [0.1, 0.15) is 11.5 Å². The molecule has 0 spiro atoms. The first-order valence-corrected chi connectivity index (χ1v) is 16.4. The zero-order chi connectivity index (χ0) is 29.9. The lowest BCUT2D eigenvalue weighted by Gasteiger charge is -2.47. The number of hydrogen-bond acceptors (Lipinski definition) is 5. The molecule has 46 heavy (non-hydrogen) atoms. The van der Waals surface area contributed by atoms with Gasteiger partial charge in [0.2, 0.25) is 0 Å². The number of hydrogen-bond donors (Lipinski definition) is 0. The highest BCUT2D eigenvalue weighted by Crippen LogP contribution is 2.57. The maximum absolute atomic E-state index is 6.61. The van der Waals surface area contributed by atoms with Gasteiger partial charge in [0, 0.05) is 22.6 Å². The van der Waals surface area contributed by atoms with Gasteiger partial charge in [-0.3, -0.25) is 0 Å². The molecule has 4 aliphatic heterocycles. The molecule has 0 aliphatic carbocycles. The van der Waals surface area contributed by atoms with E-state index in [-0.39, 0.29) is 6.85 Å². The molecule has 0 amide bonds. The van der Waals surface area contributed by atoms with E-state index in [0.29, 0.717) is 0 Å². The molecule has 4 heterocycles. The molecule has 7 aromatic carbocycles. The zero-order valence-electron chi connectivity index (χ0n) is 24.5. The Labute approximate surface area is 270 Å². The van der Waals surface area contributed by atoms with Gasteiger partial charge in [-0.25, -0.2) is 0 Å². The summed E-state index contributed by atoms with van der Waals surface area (Å²) in [6.45, 7) is -0.0792. The fourth-order valence-corrected chi connectivity index (χ4v) is 8.77. The molecule has 4 aliphatic rings. The summed E-state index contributed by atoms with van der Waals surface area (Å²) in [6, 6.07) is 49.8. The van der Waals surface area contributed by atoms with E-state index in [1.807, 2.05) is 12.1 Å². The summed E-state index contributed by atoms with van der Waals surface area (Å²) >= 11 is 1.78. The van der Waals surface area contributed by atoms with Crippen LogP contribution in [-0.4, -0.2) is 6.85 Å². The lowest BCUT2D eigenvalue weighted by Crippen LogP contribution is -2.61. The van der Waals surface area contributed by atoms with Crippen LogP contribution in [-0.2, 0) is 0 Å². The van der Waals surface area contributed by atoms with Gasteiger partial charge < -0.3 is 19.2 Å². The lowest BCUT2D eigenvalue weighted by molar-refractivity contribution is 0.455. The van der Waals surface area contributed by atoms with E-state index in [4.69, 9.17) is 9.47 Å². The molecule has 0 saturated carbocycles. The normalized spacial score (nSPS) is 14.2. The van der Waals surface area contributed by atoms with Crippen LogP contribution < -0.4 is 30.1 Å². The summed E-state index contributed by atoms with van der Waals surface area (Å²) in [5.41, 5.74) is 10.6. The average molecular weight is 607 g/mol. The highest BCUT2D eigenvalue weighted by Gasteiger charge is 2.48. The number of ether oxygens (including phenoxy) is 2. The summed E-state index contributed by atoms with van der Waals surface area (Å²) in [6.07, 6.45) is 0. The van der Waals surface area contributed by atoms with Gasteiger partial charge in [-0.1, -0.05) is 90.6 Å². The van der Waals surface area contributed by atoms with Crippen LogP contribution in [0.4, 0.5) is 28.4 Å². The van der Waals surface area contributed by atoms with Crippen LogP contribution in [0.3, 0.4) is 0 Å². The van der Waals surface area contributed by atoms with E-state index in [2.05, 4.69) is 137 Å². The highest BCUT2D eigenvalue weighted by atomic mass is 32.2. The van der Waals surface area contributed by atoms with Crippen LogP contribution in [0.5, 0.6) is 23.0 Å². The second-order valence-electron chi connectivity index (χ2n) is 12.1. The van der Waals surface area contributed by atoms with Crippen LogP contribution in [0, 0.1) is 0 Å². The molecule has 214 valence electrons. The number of para-hydroxylation sites is 5. The molecule has 6 heteroatoms. The molecule has 0 aromatic heterocycles. The van der Waals surface area contributed by atoms with Crippen molar-refractivity contribution in [2.24, 2.45) is 0 Å². The molecule has 11 rings (SSSR count). The van der Waals surface area contributed by atoms with E-state index in [0.717, 1.165) is 49.9 Å².